The molecule has 3 heterocycles. The van der Waals surface area contributed by atoms with Crippen LogP contribution in [0.4, 0.5) is 11.4 Å². The fraction of sp³-hybridized carbons (Fsp3) is 0.167. The average Bonchev–Trinajstić information content (AvgIpc) is 3.56. The first kappa shape index (κ1) is 36.4. The van der Waals surface area contributed by atoms with Gasteiger partial charge in [-0.3, -0.25) is 29.2 Å². The van der Waals surface area contributed by atoms with Crippen molar-refractivity contribution in [1.82, 2.24) is 14.7 Å². The van der Waals surface area contributed by atoms with Crippen LogP contribution in [0.2, 0.25) is 0 Å². The molecule has 0 spiro atoms. The van der Waals surface area contributed by atoms with Gasteiger partial charge in [-0.05, 0) is 66.1 Å². The maximum atomic E-state index is 13.7. The molecular formula is C42H39N6O7+. The van der Waals surface area contributed by atoms with Crippen molar-refractivity contribution < 1.29 is 33.4 Å². The number of hydrogen-bond acceptors (Lipinski definition) is 9. The van der Waals surface area contributed by atoms with Crippen molar-refractivity contribution in [1.29, 1.82) is 0 Å². The van der Waals surface area contributed by atoms with Crippen molar-refractivity contribution in [3.05, 3.63) is 154 Å². The van der Waals surface area contributed by atoms with Gasteiger partial charge in [-0.25, -0.2) is 0 Å². The highest BCUT2D eigenvalue weighted by molar-refractivity contribution is 6.12. The van der Waals surface area contributed by atoms with Gasteiger partial charge < -0.3 is 24.5 Å². The van der Waals surface area contributed by atoms with Crippen molar-refractivity contribution in [3.8, 4) is 11.5 Å². The van der Waals surface area contributed by atoms with Crippen LogP contribution < -0.4 is 30.3 Å². The molecule has 7 aromatic rings. The smallest absolute Gasteiger partial charge is 0.291 e. The topological polar surface area (TPSA) is 152 Å². The normalized spacial score (nSPS) is 11.2. The predicted octanol–water partition coefficient (Wildman–Crippen LogP) is 5.97. The lowest BCUT2D eigenvalue weighted by Crippen LogP contribution is -2.31. The molecule has 7 rings (SSSR count). The van der Waals surface area contributed by atoms with Gasteiger partial charge in [0.2, 0.25) is 12.4 Å². The highest BCUT2D eigenvalue weighted by atomic mass is 16.5. The number of hydrogen-bond donors (Lipinski definition) is 3. The number of methoxy groups -OCH3 is 2. The fourth-order valence-electron chi connectivity index (χ4n) is 6.46. The molecule has 0 radical (unpaired) electrons. The molecule has 0 aliphatic carbocycles. The van der Waals surface area contributed by atoms with E-state index in [4.69, 9.17) is 13.9 Å². The molecule has 3 aromatic heterocycles. The Balaban J connectivity index is 1.06. The molecule has 0 atom stereocenters. The van der Waals surface area contributed by atoms with E-state index < -0.39 is 11.8 Å². The van der Waals surface area contributed by atoms with Crippen molar-refractivity contribution in [2.24, 2.45) is 7.05 Å². The Bertz CT molecular complexity index is 2580. The van der Waals surface area contributed by atoms with Crippen molar-refractivity contribution in [3.63, 3.8) is 0 Å². The van der Waals surface area contributed by atoms with Gasteiger partial charge in [0, 0.05) is 66.2 Å². The molecule has 13 nitrogen and oxygen atoms in total. The molecule has 0 aliphatic rings. The molecule has 3 N–H and O–H groups in total. The van der Waals surface area contributed by atoms with Crippen molar-refractivity contribution in [2.75, 3.05) is 31.4 Å². The first-order valence-corrected chi connectivity index (χ1v) is 17.5. The Kier molecular flexibility index (Phi) is 10.5. The summed E-state index contributed by atoms with van der Waals surface area (Å²) in [4.78, 5) is 42.1. The average molecular weight is 740 g/mol. The summed E-state index contributed by atoms with van der Waals surface area (Å²) in [6.45, 7) is 2.04. The Hall–Kier alpha value is -6.99. The Morgan fingerprint density at radius 2 is 1.60 bits per heavy atom. The summed E-state index contributed by atoms with van der Waals surface area (Å²) in [6, 6.07) is 28.4. The second-order valence-corrected chi connectivity index (χ2v) is 13.0. The molecule has 0 aliphatic heterocycles. The minimum atomic E-state index is -0.719. The highest BCUT2D eigenvalue weighted by Crippen LogP contribution is 2.34. The number of carbonyl (C=O) groups excluding carboxylic acids is 2. The molecule has 0 fully saturated rings. The molecule has 55 heavy (non-hydrogen) atoms. The third kappa shape index (κ3) is 8.32. The van der Waals surface area contributed by atoms with Gasteiger partial charge in [-0.1, -0.05) is 30.3 Å². The number of nitrogens with one attached hydrogen (secondary N) is 2. The van der Waals surface area contributed by atoms with Crippen LogP contribution in [0, 0.1) is 0 Å². The molecule has 0 saturated heterocycles. The van der Waals surface area contributed by atoms with E-state index in [1.54, 1.807) is 36.7 Å². The van der Waals surface area contributed by atoms with E-state index in [0.29, 0.717) is 24.2 Å². The van der Waals surface area contributed by atoms with Gasteiger partial charge in [0.15, 0.2) is 22.7 Å². The summed E-state index contributed by atoms with van der Waals surface area (Å²) in [6.07, 6.45) is 5.88. The Morgan fingerprint density at radius 3 is 2.38 bits per heavy atom. The van der Waals surface area contributed by atoms with E-state index in [1.807, 2.05) is 54.3 Å². The van der Waals surface area contributed by atoms with Crippen LogP contribution in [0.15, 0.2) is 125 Å². The first-order valence-electron chi connectivity index (χ1n) is 17.5. The number of aromatic nitrogens is 3. The predicted molar refractivity (Wildman–Crippen MR) is 207 cm³/mol. The van der Waals surface area contributed by atoms with Crippen LogP contribution >= 0.6 is 0 Å². The van der Waals surface area contributed by atoms with Crippen LogP contribution in [-0.2, 0) is 26.6 Å². The second-order valence-electron chi connectivity index (χ2n) is 13.0. The van der Waals surface area contributed by atoms with E-state index >= 15 is 0 Å². The highest BCUT2D eigenvalue weighted by Gasteiger charge is 2.21. The standard InChI is InChI=1S/C42H38N6O7/c1-46-35-15-12-28(19-30(35)23-43-46)24-47(25-29-7-6-17-48(52)26-29)18-16-27-10-13-31(14-11-27)44-41(50)33-20-38(53-2)39(54-3)21-34(33)45-42(51)40-22-36(49)32-8-4-5-9-37(32)55-40/h4-15,17,19-23,26H,16,18,24-25H2,1-3H3,(H2-,44,45,50,51,52)/p+1. The summed E-state index contributed by atoms with van der Waals surface area (Å²) >= 11 is 0. The molecule has 278 valence electrons. The minimum Gasteiger partial charge on any atom is -0.493 e. The summed E-state index contributed by atoms with van der Waals surface area (Å²) in [5.41, 5.74) is 4.91. The number of amides is 2. The lowest BCUT2D eigenvalue weighted by Gasteiger charge is -2.22. The van der Waals surface area contributed by atoms with E-state index in [2.05, 4.69) is 38.8 Å². The van der Waals surface area contributed by atoms with Crippen molar-refractivity contribution >= 4 is 45.1 Å². The zero-order valence-electron chi connectivity index (χ0n) is 30.5. The van der Waals surface area contributed by atoms with E-state index in [-0.39, 0.29) is 39.5 Å². The molecule has 0 saturated carbocycles. The monoisotopic (exact) mass is 739 g/mol. The van der Waals surface area contributed by atoms with Gasteiger partial charge in [-0.15, -0.1) is 0 Å². The van der Waals surface area contributed by atoms with Crippen LogP contribution in [0.25, 0.3) is 21.9 Å². The largest absolute Gasteiger partial charge is 0.493 e. The number of ether oxygens (including phenoxy) is 2. The zero-order valence-corrected chi connectivity index (χ0v) is 30.5. The number of anilines is 2. The molecule has 4 aromatic carbocycles. The van der Waals surface area contributed by atoms with E-state index in [1.165, 1.54) is 26.4 Å². The number of nitrogens with zero attached hydrogens (tertiary/aromatic N) is 4. The third-order valence-corrected chi connectivity index (χ3v) is 9.27. The molecule has 2 amide bonds. The lowest BCUT2D eigenvalue weighted by atomic mass is 10.1. The van der Waals surface area contributed by atoms with Crippen LogP contribution in [0.1, 0.15) is 37.6 Å². The first-order chi connectivity index (χ1) is 26.7. The van der Waals surface area contributed by atoms with Crippen LogP contribution in [0.3, 0.4) is 0 Å². The van der Waals surface area contributed by atoms with E-state index in [0.717, 1.165) is 51.4 Å². The minimum absolute atomic E-state index is 0.100. The van der Waals surface area contributed by atoms with Crippen LogP contribution in [0.5, 0.6) is 11.5 Å². The molecular weight excluding hydrogens is 700 g/mol. The third-order valence-electron chi connectivity index (χ3n) is 9.27. The maximum Gasteiger partial charge on any atom is 0.291 e. The quantitative estimate of drug-likeness (QED) is 0.0960. The number of rotatable bonds is 13. The second kappa shape index (κ2) is 15.9. The SMILES string of the molecule is COc1cc(NC(=O)c2cc(=O)c3ccccc3o2)c(C(=O)Nc2ccc(CCN(Cc3ccc4c(cnn4C)c3)Cc3ccc[n+](O)c3)cc2)cc1OC. The van der Waals surface area contributed by atoms with Gasteiger partial charge in [0.25, 0.3) is 11.8 Å². The summed E-state index contributed by atoms with van der Waals surface area (Å²) in [5.74, 6) is -0.873. The zero-order chi connectivity index (χ0) is 38.5. The number of benzene rings is 4. The Labute approximate surface area is 315 Å². The summed E-state index contributed by atoms with van der Waals surface area (Å²) < 4.78 is 19.5. The number of pyridine rings is 1. The number of aryl methyl sites for hydroxylation is 1. The Morgan fingerprint density at radius 1 is 0.855 bits per heavy atom. The van der Waals surface area contributed by atoms with Crippen LogP contribution in [-0.4, -0.2) is 52.5 Å². The molecule has 13 heteroatoms. The van der Waals surface area contributed by atoms with Crippen molar-refractivity contribution in [2.45, 2.75) is 19.5 Å². The van der Waals surface area contributed by atoms with E-state index in [9.17, 15) is 19.6 Å². The number of para-hydroxylation sites is 1. The number of carbonyl (C=O) groups is 2. The van der Waals surface area contributed by atoms with Gasteiger partial charge in [0.1, 0.15) is 5.58 Å². The molecule has 0 unspecified atom stereocenters. The lowest BCUT2D eigenvalue weighted by molar-refractivity contribution is -0.905. The van der Waals surface area contributed by atoms with Gasteiger partial charge in [-0.2, -0.15) is 5.10 Å². The molecule has 0 bridgehead atoms. The summed E-state index contributed by atoms with van der Waals surface area (Å²) in [7, 11) is 4.82. The number of fused-ring (bicyclic) bond motifs is 2. The summed E-state index contributed by atoms with van der Waals surface area (Å²) in [5, 5.41) is 21.4. The van der Waals surface area contributed by atoms with Gasteiger partial charge in [0.05, 0.1) is 42.6 Å². The maximum absolute atomic E-state index is 13.7. The fourth-order valence-corrected chi connectivity index (χ4v) is 6.46. The van der Waals surface area contributed by atoms with Gasteiger partial charge >= 0.3 is 0 Å².